The lowest BCUT2D eigenvalue weighted by atomic mass is 9.90. The van der Waals surface area contributed by atoms with Crippen LogP contribution in [0.5, 0.6) is 0 Å². The number of pyridine rings is 1. The molecule has 0 unspecified atom stereocenters. The molecule has 5 heterocycles. The molecule has 1 aliphatic carbocycles. The number of aryl methyl sites for hydroxylation is 1. The van der Waals surface area contributed by atoms with E-state index in [1.54, 1.807) is 11.6 Å². The van der Waals surface area contributed by atoms with Crippen molar-refractivity contribution in [3.63, 3.8) is 0 Å². The first kappa shape index (κ1) is 25.8. The number of nitrogens with zero attached hydrogens (tertiary/aromatic N) is 5. The summed E-state index contributed by atoms with van der Waals surface area (Å²) >= 11 is 0. The van der Waals surface area contributed by atoms with Crippen molar-refractivity contribution in [3.05, 3.63) is 81.2 Å². The maximum Gasteiger partial charge on any atom is 0.274 e. The molecule has 2 aliphatic heterocycles. The Labute approximate surface area is 239 Å². The van der Waals surface area contributed by atoms with Gasteiger partial charge in [-0.2, -0.15) is 5.10 Å². The molecule has 1 amide bonds. The van der Waals surface area contributed by atoms with Gasteiger partial charge < -0.3 is 24.1 Å². The molecule has 0 bridgehead atoms. The molecule has 3 aromatic heterocycles. The van der Waals surface area contributed by atoms with E-state index in [4.69, 9.17) is 4.74 Å². The number of anilines is 3. The number of hydrogen-bond donors (Lipinski definition) is 1. The van der Waals surface area contributed by atoms with E-state index in [1.807, 2.05) is 34.0 Å². The molecule has 0 saturated heterocycles. The maximum atomic E-state index is 13.9. The Morgan fingerprint density at radius 3 is 2.73 bits per heavy atom. The average Bonchev–Trinajstić information content (AvgIpc) is 3.60. The second kappa shape index (κ2) is 9.48. The zero-order valence-corrected chi connectivity index (χ0v) is 24.2. The Hall–Kier alpha value is -4.11. The van der Waals surface area contributed by atoms with Gasteiger partial charge in [-0.3, -0.25) is 14.3 Å². The molecule has 0 fully saturated rings. The monoisotopic (exact) mass is 552 g/mol. The van der Waals surface area contributed by atoms with Crippen LogP contribution in [-0.4, -0.2) is 38.0 Å². The Morgan fingerprint density at radius 1 is 1.07 bits per heavy atom. The highest BCUT2D eigenvalue weighted by Gasteiger charge is 2.37. The van der Waals surface area contributed by atoms with E-state index in [9.17, 15) is 9.59 Å². The molecular weight excluding hydrogens is 516 g/mol. The zero-order chi connectivity index (χ0) is 28.5. The molecule has 7 rings (SSSR count). The van der Waals surface area contributed by atoms with Crippen LogP contribution in [0.15, 0.2) is 47.4 Å². The lowest BCUT2D eigenvalue weighted by Crippen LogP contribution is -2.41. The highest BCUT2D eigenvalue weighted by molar-refractivity contribution is 6.07. The summed E-state index contributed by atoms with van der Waals surface area (Å²) in [6.45, 7) is 10.00. The van der Waals surface area contributed by atoms with Crippen LogP contribution in [0.4, 0.5) is 17.2 Å². The number of benzene rings is 1. The number of carbonyl (C=O) groups excluding carboxylic acids is 1. The van der Waals surface area contributed by atoms with E-state index in [0.717, 1.165) is 59.6 Å². The minimum atomic E-state index is -0.131. The standard InChI is InChI=1S/C32H36N6O3/c1-5-23-24(21-13-25(30(39)35(4)18-21)33-29-15-22-19-41-12-11-38(22)34-29)7-6-8-26(23)37-10-9-36-27(31(37)40)14-20-16-32(2,3)17-28(20)36/h6-8,13-15,18H,5,9-12,16-17,19H2,1-4H3,(H,33,34). The summed E-state index contributed by atoms with van der Waals surface area (Å²) in [6.07, 6.45) is 4.65. The van der Waals surface area contributed by atoms with Crippen LogP contribution in [0.25, 0.3) is 11.1 Å². The van der Waals surface area contributed by atoms with E-state index >= 15 is 0 Å². The SMILES string of the molecule is CCc1c(-c2cc(Nc3cc4n(n3)CCOC4)c(=O)n(C)c2)cccc1N1CCn2c(cc3c2CC(C)(C)C3)C1=O. The summed E-state index contributed by atoms with van der Waals surface area (Å²) in [4.78, 5) is 28.9. The number of fused-ring (bicyclic) bond motifs is 4. The van der Waals surface area contributed by atoms with E-state index in [1.165, 1.54) is 11.3 Å². The van der Waals surface area contributed by atoms with Crippen LogP contribution in [0.1, 0.15) is 53.8 Å². The molecule has 0 radical (unpaired) electrons. The van der Waals surface area contributed by atoms with Crippen LogP contribution < -0.4 is 15.8 Å². The quantitative estimate of drug-likeness (QED) is 0.389. The van der Waals surface area contributed by atoms with Gasteiger partial charge in [0.25, 0.3) is 11.5 Å². The van der Waals surface area contributed by atoms with Crippen LogP contribution in [0.2, 0.25) is 0 Å². The predicted octanol–water partition coefficient (Wildman–Crippen LogP) is 4.67. The largest absolute Gasteiger partial charge is 0.373 e. The number of carbonyl (C=O) groups is 1. The Bertz CT molecular complexity index is 1730. The fraction of sp³-hybridized carbons (Fsp3) is 0.406. The van der Waals surface area contributed by atoms with Crippen LogP contribution >= 0.6 is 0 Å². The van der Waals surface area contributed by atoms with Crippen molar-refractivity contribution in [1.82, 2.24) is 18.9 Å². The number of aromatic nitrogens is 4. The van der Waals surface area contributed by atoms with E-state index in [2.05, 4.69) is 54.0 Å². The number of hydrogen-bond acceptors (Lipinski definition) is 5. The van der Waals surface area contributed by atoms with Crippen LogP contribution in [0.3, 0.4) is 0 Å². The highest BCUT2D eigenvalue weighted by Crippen LogP contribution is 2.40. The molecule has 3 aliphatic rings. The molecule has 9 nitrogen and oxygen atoms in total. The van der Waals surface area contributed by atoms with Gasteiger partial charge in [-0.05, 0) is 59.6 Å². The van der Waals surface area contributed by atoms with Gasteiger partial charge in [0.05, 0.1) is 25.5 Å². The van der Waals surface area contributed by atoms with Gasteiger partial charge in [-0.25, -0.2) is 0 Å². The second-order valence-corrected chi connectivity index (χ2v) is 12.3. The lowest BCUT2D eigenvalue weighted by molar-refractivity contribution is 0.0801. The van der Waals surface area contributed by atoms with Gasteiger partial charge in [-0.1, -0.05) is 32.9 Å². The number of rotatable bonds is 5. The van der Waals surface area contributed by atoms with Crippen molar-refractivity contribution < 1.29 is 9.53 Å². The predicted molar refractivity (Wildman–Crippen MR) is 159 cm³/mol. The van der Waals surface area contributed by atoms with E-state index < -0.39 is 0 Å². The van der Waals surface area contributed by atoms with Crippen molar-refractivity contribution in [3.8, 4) is 11.1 Å². The summed E-state index contributed by atoms with van der Waals surface area (Å²) in [5, 5.41) is 7.86. The first-order valence-corrected chi connectivity index (χ1v) is 14.5. The van der Waals surface area contributed by atoms with Crippen LogP contribution in [-0.2, 0) is 50.7 Å². The fourth-order valence-corrected chi connectivity index (χ4v) is 6.85. The summed E-state index contributed by atoms with van der Waals surface area (Å²) < 4.78 is 11.3. The third kappa shape index (κ3) is 4.30. The van der Waals surface area contributed by atoms with Gasteiger partial charge >= 0.3 is 0 Å². The third-order valence-electron chi connectivity index (χ3n) is 8.74. The summed E-state index contributed by atoms with van der Waals surface area (Å²) in [6, 6.07) is 12.1. The molecule has 0 atom stereocenters. The van der Waals surface area contributed by atoms with Gasteiger partial charge in [0.1, 0.15) is 11.4 Å². The van der Waals surface area contributed by atoms with Gasteiger partial charge in [-0.15, -0.1) is 0 Å². The normalized spacial score (nSPS) is 17.4. The minimum Gasteiger partial charge on any atom is -0.373 e. The van der Waals surface area contributed by atoms with Crippen LogP contribution in [0, 0.1) is 5.41 Å². The van der Waals surface area contributed by atoms with Crippen molar-refractivity contribution in [2.24, 2.45) is 12.5 Å². The van der Waals surface area contributed by atoms with Gasteiger partial charge in [0, 0.05) is 49.3 Å². The molecule has 9 heteroatoms. The second-order valence-electron chi connectivity index (χ2n) is 12.3. The minimum absolute atomic E-state index is 0.0610. The zero-order valence-electron chi connectivity index (χ0n) is 24.2. The molecule has 0 spiro atoms. The topological polar surface area (TPSA) is 86.3 Å². The first-order chi connectivity index (χ1) is 19.7. The smallest absolute Gasteiger partial charge is 0.274 e. The van der Waals surface area contributed by atoms with Crippen molar-refractivity contribution >= 4 is 23.1 Å². The van der Waals surface area contributed by atoms with Crippen molar-refractivity contribution in [2.75, 3.05) is 23.4 Å². The van der Waals surface area contributed by atoms with E-state index in [0.29, 0.717) is 37.8 Å². The Kier molecular flexibility index (Phi) is 5.97. The van der Waals surface area contributed by atoms with Gasteiger partial charge in [0.15, 0.2) is 5.82 Å². The molecule has 1 N–H and O–H groups in total. The van der Waals surface area contributed by atoms with E-state index in [-0.39, 0.29) is 16.9 Å². The molecular formula is C32H36N6O3. The molecule has 1 aromatic carbocycles. The number of nitrogens with one attached hydrogen (secondary N) is 1. The molecule has 4 aromatic rings. The molecule has 212 valence electrons. The Morgan fingerprint density at radius 2 is 1.93 bits per heavy atom. The molecule has 41 heavy (non-hydrogen) atoms. The Balaban J connectivity index is 1.24. The van der Waals surface area contributed by atoms with Crippen molar-refractivity contribution in [1.29, 1.82) is 0 Å². The average molecular weight is 553 g/mol. The summed E-state index contributed by atoms with van der Waals surface area (Å²) in [7, 11) is 1.77. The maximum absolute atomic E-state index is 13.9. The summed E-state index contributed by atoms with van der Waals surface area (Å²) in [5.41, 5.74) is 8.97. The third-order valence-corrected chi connectivity index (χ3v) is 8.74. The summed E-state index contributed by atoms with van der Waals surface area (Å²) in [5.74, 6) is 0.687. The highest BCUT2D eigenvalue weighted by atomic mass is 16.5. The number of amides is 1. The fourth-order valence-electron chi connectivity index (χ4n) is 6.85. The first-order valence-electron chi connectivity index (χ1n) is 14.5. The van der Waals surface area contributed by atoms with Crippen molar-refractivity contribution in [2.45, 2.75) is 59.7 Å². The van der Waals surface area contributed by atoms with Gasteiger partial charge in [0.2, 0.25) is 0 Å². The lowest BCUT2D eigenvalue weighted by Gasteiger charge is -2.32. The number of ether oxygens (including phenoxy) is 1. The molecule has 0 saturated carbocycles.